The second-order valence-electron chi connectivity index (χ2n) is 6.11. The zero-order chi connectivity index (χ0) is 19.8. The molecular weight excluding hydrogens is 474 g/mol. The van der Waals surface area contributed by atoms with Gasteiger partial charge in [0.05, 0.1) is 15.1 Å². The van der Waals surface area contributed by atoms with Gasteiger partial charge in [-0.05, 0) is 29.8 Å². The molecule has 0 amide bonds. The molecule has 0 saturated carbocycles. The first-order valence-electron chi connectivity index (χ1n) is 7.99. The van der Waals surface area contributed by atoms with E-state index in [4.69, 9.17) is 58.0 Å². The van der Waals surface area contributed by atoms with Crippen LogP contribution in [0.2, 0.25) is 25.1 Å². The summed E-state index contributed by atoms with van der Waals surface area (Å²) in [4.78, 5) is 2.10. The van der Waals surface area contributed by atoms with E-state index in [1.807, 2.05) is 6.07 Å². The molecule has 0 N–H and O–H groups in total. The summed E-state index contributed by atoms with van der Waals surface area (Å²) in [6.45, 7) is 2.43. The molecule has 10 heteroatoms. The van der Waals surface area contributed by atoms with Gasteiger partial charge in [0.2, 0.25) is 10.0 Å². The summed E-state index contributed by atoms with van der Waals surface area (Å²) in [5, 5.41) is 1.60. The Kier molecular flexibility index (Phi) is 6.87. The lowest BCUT2D eigenvalue weighted by Crippen LogP contribution is -2.48. The van der Waals surface area contributed by atoms with E-state index in [0.29, 0.717) is 42.8 Å². The summed E-state index contributed by atoms with van der Waals surface area (Å²) in [5.41, 5.74) is 0.949. The number of rotatable bonds is 4. The van der Waals surface area contributed by atoms with Crippen LogP contribution in [0.25, 0.3) is 0 Å². The lowest BCUT2D eigenvalue weighted by molar-refractivity contribution is 0.181. The quantitative estimate of drug-likeness (QED) is 0.537. The Morgan fingerprint density at radius 1 is 0.778 bits per heavy atom. The number of nitrogens with zero attached hydrogens (tertiary/aromatic N) is 2. The largest absolute Gasteiger partial charge is 0.296 e. The molecule has 27 heavy (non-hydrogen) atoms. The van der Waals surface area contributed by atoms with E-state index >= 15 is 0 Å². The van der Waals surface area contributed by atoms with Crippen molar-refractivity contribution < 1.29 is 8.42 Å². The van der Waals surface area contributed by atoms with Crippen LogP contribution in [0.15, 0.2) is 35.2 Å². The average molecular weight is 489 g/mol. The number of hydrogen-bond acceptors (Lipinski definition) is 3. The molecule has 0 radical (unpaired) electrons. The van der Waals surface area contributed by atoms with Crippen LogP contribution in [0, 0.1) is 0 Å². The summed E-state index contributed by atoms with van der Waals surface area (Å²) in [7, 11) is -3.75. The Bertz CT molecular complexity index is 960. The highest BCUT2D eigenvalue weighted by Crippen LogP contribution is 2.33. The van der Waals surface area contributed by atoms with Crippen LogP contribution in [0.5, 0.6) is 0 Å². The first-order chi connectivity index (χ1) is 12.7. The summed E-state index contributed by atoms with van der Waals surface area (Å²) in [6, 6.07) is 8.00. The zero-order valence-corrected chi connectivity index (χ0v) is 18.5. The van der Waals surface area contributed by atoms with Gasteiger partial charge in [-0.2, -0.15) is 4.31 Å². The molecule has 0 aliphatic carbocycles. The van der Waals surface area contributed by atoms with Crippen LogP contribution >= 0.6 is 58.0 Å². The Balaban J connectivity index is 1.70. The van der Waals surface area contributed by atoms with E-state index in [0.717, 1.165) is 5.56 Å². The molecule has 3 rings (SSSR count). The van der Waals surface area contributed by atoms with Gasteiger partial charge in [0.15, 0.2) is 0 Å². The number of benzene rings is 2. The van der Waals surface area contributed by atoms with Crippen molar-refractivity contribution in [3.8, 4) is 0 Å². The third-order valence-corrected chi connectivity index (χ3v) is 8.01. The average Bonchev–Trinajstić information content (AvgIpc) is 2.61. The van der Waals surface area contributed by atoms with E-state index < -0.39 is 10.0 Å². The van der Waals surface area contributed by atoms with E-state index in [9.17, 15) is 8.42 Å². The highest BCUT2D eigenvalue weighted by atomic mass is 35.5. The maximum atomic E-state index is 12.9. The number of piperazine rings is 1. The molecule has 0 unspecified atom stereocenters. The minimum Gasteiger partial charge on any atom is -0.296 e. The van der Waals surface area contributed by atoms with Crippen LogP contribution in [0.3, 0.4) is 0 Å². The summed E-state index contributed by atoms with van der Waals surface area (Å²) in [6.07, 6.45) is 0. The van der Waals surface area contributed by atoms with Gasteiger partial charge in [0.25, 0.3) is 0 Å². The van der Waals surface area contributed by atoms with Crippen molar-refractivity contribution in [2.45, 2.75) is 11.4 Å². The monoisotopic (exact) mass is 486 g/mol. The summed E-state index contributed by atoms with van der Waals surface area (Å²) < 4.78 is 27.2. The van der Waals surface area contributed by atoms with Crippen LogP contribution < -0.4 is 0 Å². The molecule has 2 aromatic carbocycles. The third kappa shape index (κ3) is 4.85. The molecule has 1 aliphatic heterocycles. The van der Waals surface area contributed by atoms with E-state index in [-0.39, 0.29) is 20.0 Å². The topological polar surface area (TPSA) is 40.6 Å². The van der Waals surface area contributed by atoms with Crippen molar-refractivity contribution >= 4 is 68.0 Å². The molecule has 2 aromatic rings. The van der Waals surface area contributed by atoms with Gasteiger partial charge in [-0.1, -0.05) is 64.1 Å². The van der Waals surface area contributed by atoms with Gasteiger partial charge in [0, 0.05) is 42.8 Å². The minimum atomic E-state index is -3.75. The predicted molar refractivity (Wildman–Crippen MR) is 112 cm³/mol. The normalized spacial score (nSPS) is 16.6. The van der Waals surface area contributed by atoms with Crippen molar-refractivity contribution in [1.29, 1.82) is 0 Å². The second kappa shape index (κ2) is 8.64. The standard InChI is InChI=1S/C17H15Cl5N2O2S/c18-12-2-1-11(13(19)7-12)10-23-3-5-24(6-4-23)27(25,26)17-9-15(21)14(20)8-16(17)22/h1-2,7-9H,3-6,10H2. The summed E-state index contributed by atoms with van der Waals surface area (Å²) >= 11 is 30.1. The van der Waals surface area contributed by atoms with Crippen LogP contribution in [-0.2, 0) is 16.6 Å². The van der Waals surface area contributed by atoms with E-state index in [1.165, 1.54) is 16.4 Å². The van der Waals surface area contributed by atoms with Gasteiger partial charge >= 0.3 is 0 Å². The third-order valence-electron chi connectivity index (χ3n) is 4.33. The Morgan fingerprint density at radius 2 is 1.41 bits per heavy atom. The lowest BCUT2D eigenvalue weighted by Gasteiger charge is -2.34. The highest BCUT2D eigenvalue weighted by Gasteiger charge is 2.31. The predicted octanol–water partition coefficient (Wildman–Crippen LogP) is 5.46. The van der Waals surface area contributed by atoms with E-state index in [2.05, 4.69) is 4.90 Å². The lowest BCUT2D eigenvalue weighted by atomic mass is 10.2. The molecule has 1 saturated heterocycles. The van der Waals surface area contributed by atoms with Crippen LogP contribution in [0.4, 0.5) is 0 Å². The smallest absolute Gasteiger partial charge is 0.244 e. The molecule has 1 aliphatic rings. The first-order valence-corrected chi connectivity index (χ1v) is 11.3. The fourth-order valence-corrected chi connectivity index (χ4v) is 5.73. The molecule has 0 aromatic heterocycles. The van der Waals surface area contributed by atoms with Crippen molar-refractivity contribution in [2.24, 2.45) is 0 Å². The SMILES string of the molecule is O=S(=O)(c1cc(Cl)c(Cl)cc1Cl)N1CCN(Cc2ccc(Cl)cc2Cl)CC1. The van der Waals surface area contributed by atoms with Crippen LogP contribution in [0.1, 0.15) is 5.56 Å². The molecule has 0 spiro atoms. The maximum Gasteiger partial charge on any atom is 0.244 e. The maximum absolute atomic E-state index is 12.9. The van der Waals surface area contributed by atoms with Crippen molar-refractivity contribution in [3.05, 3.63) is 61.0 Å². The van der Waals surface area contributed by atoms with Crippen molar-refractivity contribution in [3.63, 3.8) is 0 Å². The molecular formula is C17H15Cl5N2O2S. The van der Waals surface area contributed by atoms with Gasteiger partial charge in [-0.15, -0.1) is 0 Å². The number of halogens is 5. The molecule has 0 atom stereocenters. The fraction of sp³-hybridized carbons (Fsp3) is 0.294. The Morgan fingerprint density at radius 3 is 2.04 bits per heavy atom. The number of sulfonamides is 1. The highest BCUT2D eigenvalue weighted by molar-refractivity contribution is 7.89. The van der Waals surface area contributed by atoms with Gasteiger partial charge < -0.3 is 0 Å². The second-order valence-corrected chi connectivity index (χ2v) is 10.1. The first kappa shape index (κ1) is 21.5. The van der Waals surface area contributed by atoms with Gasteiger partial charge in [-0.3, -0.25) is 4.90 Å². The zero-order valence-electron chi connectivity index (χ0n) is 13.9. The number of hydrogen-bond donors (Lipinski definition) is 0. The molecule has 1 heterocycles. The minimum absolute atomic E-state index is 0.0345. The molecule has 1 fully saturated rings. The van der Waals surface area contributed by atoms with Gasteiger partial charge in [0.1, 0.15) is 4.90 Å². The Hall–Kier alpha value is -0.240. The molecule has 146 valence electrons. The van der Waals surface area contributed by atoms with E-state index in [1.54, 1.807) is 12.1 Å². The van der Waals surface area contributed by atoms with Gasteiger partial charge in [-0.25, -0.2) is 8.42 Å². The Labute approximate surface area is 183 Å². The molecule has 4 nitrogen and oxygen atoms in total. The van der Waals surface area contributed by atoms with Crippen molar-refractivity contribution in [2.75, 3.05) is 26.2 Å². The van der Waals surface area contributed by atoms with Crippen LogP contribution in [-0.4, -0.2) is 43.8 Å². The van der Waals surface area contributed by atoms with Crippen molar-refractivity contribution in [1.82, 2.24) is 9.21 Å². The molecule has 0 bridgehead atoms. The fourth-order valence-electron chi connectivity index (χ4n) is 2.86. The summed E-state index contributed by atoms with van der Waals surface area (Å²) in [5.74, 6) is 0.